The molecule has 0 bridgehead atoms. The molecule has 1 aliphatic rings. The van der Waals surface area contributed by atoms with Crippen molar-refractivity contribution in [3.63, 3.8) is 0 Å². The molecule has 19 heavy (non-hydrogen) atoms. The predicted molar refractivity (Wildman–Crippen MR) is 82.1 cm³/mol. The average molecular weight is 260 g/mol. The molecule has 1 N–H and O–H groups in total. The molecule has 1 saturated carbocycles. The summed E-state index contributed by atoms with van der Waals surface area (Å²) < 4.78 is 0. The summed E-state index contributed by atoms with van der Waals surface area (Å²) in [7, 11) is 0. The van der Waals surface area contributed by atoms with Crippen molar-refractivity contribution in [2.24, 2.45) is 5.92 Å². The first-order valence-electron chi connectivity index (χ1n) is 7.71. The number of hydrogen-bond donors (Lipinski definition) is 1. The van der Waals surface area contributed by atoms with E-state index in [0.717, 1.165) is 31.6 Å². The summed E-state index contributed by atoms with van der Waals surface area (Å²) in [4.78, 5) is 2.54. The first-order chi connectivity index (χ1) is 9.19. The summed E-state index contributed by atoms with van der Waals surface area (Å²) >= 11 is 0. The minimum absolute atomic E-state index is 0.733. The minimum Gasteiger partial charge on any atom is -0.310 e. The zero-order valence-electron chi connectivity index (χ0n) is 12.7. The van der Waals surface area contributed by atoms with E-state index in [0.29, 0.717) is 0 Å². The van der Waals surface area contributed by atoms with Crippen LogP contribution >= 0.6 is 0 Å². The molecule has 0 spiro atoms. The zero-order chi connectivity index (χ0) is 13.7. The number of benzene rings is 1. The van der Waals surface area contributed by atoms with E-state index >= 15 is 0 Å². The molecule has 0 aromatic heterocycles. The van der Waals surface area contributed by atoms with Crippen LogP contribution in [-0.4, -0.2) is 24.0 Å². The highest BCUT2D eigenvalue weighted by Crippen LogP contribution is 2.20. The third-order valence-electron chi connectivity index (χ3n) is 3.74. The Morgan fingerprint density at radius 1 is 1.21 bits per heavy atom. The first kappa shape index (κ1) is 14.5. The molecule has 2 nitrogen and oxygen atoms in total. The van der Waals surface area contributed by atoms with E-state index in [1.165, 1.54) is 30.5 Å². The highest BCUT2D eigenvalue weighted by molar-refractivity contribution is 5.27. The lowest BCUT2D eigenvalue weighted by Crippen LogP contribution is -2.28. The normalized spacial score (nSPS) is 15.4. The highest BCUT2D eigenvalue weighted by atomic mass is 15.1. The van der Waals surface area contributed by atoms with Crippen molar-refractivity contribution < 1.29 is 0 Å². The van der Waals surface area contributed by atoms with Crippen LogP contribution in [-0.2, 0) is 13.1 Å². The minimum atomic E-state index is 0.733. The molecular formula is C17H28N2. The Balaban J connectivity index is 1.96. The molecule has 0 atom stereocenters. The standard InChI is InChI=1S/C17H28N2/c1-4-19(12-14(2)3)13-16-8-6-5-7-15(16)11-18-17-9-10-17/h5-8,14,17-18H,4,9-13H2,1-3H3. The van der Waals surface area contributed by atoms with Gasteiger partial charge >= 0.3 is 0 Å². The Morgan fingerprint density at radius 2 is 1.89 bits per heavy atom. The van der Waals surface area contributed by atoms with Crippen LogP contribution in [0.5, 0.6) is 0 Å². The van der Waals surface area contributed by atoms with Crippen LogP contribution in [0, 0.1) is 5.92 Å². The van der Waals surface area contributed by atoms with Crippen molar-refractivity contribution in [3.8, 4) is 0 Å². The lowest BCUT2D eigenvalue weighted by atomic mass is 10.1. The number of rotatable bonds is 8. The summed E-state index contributed by atoms with van der Waals surface area (Å²) in [5.74, 6) is 0.733. The fraction of sp³-hybridized carbons (Fsp3) is 0.647. The maximum absolute atomic E-state index is 3.63. The maximum Gasteiger partial charge on any atom is 0.0236 e. The Labute approximate surface area is 118 Å². The lowest BCUT2D eigenvalue weighted by molar-refractivity contribution is 0.247. The lowest BCUT2D eigenvalue weighted by Gasteiger charge is -2.24. The molecule has 1 aromatic rings. The van der Waals surface area contributed by atoms with Crippen molar-refractivity contribution in [2.45, 2.75) is 52.7 Å². The van der Waals surface area contributed by atoms with Gasteiger partial charge in [0.15, 0.2) is 0 Å². The van der Waals surface area contributed by atoms with Gasteiger partial charge in [0.25, 0.3) is 0 Å². The molecule has 1 aromatic carbocycles. The number of hydrogen-bond acceptors (Lipinski definition) is 2. The van der Waals surface area contributed by atoms with Crippen molar-refractivity contribution >= 4 is 0 Å². The molecule has 2 heteroatoms. The SMILES string of the molecule is CCN(Cc1ccccc1CNC1CC1)CC(C)C. The Bertz CT molecular complexity index is 383. The topological polar surface area (TPSA) is 15.3 Å². The molecule has 0 radical (unpaired) electrons. The van der Waals surface area contributed by atoms with Gasteiger partial charge in [0.1, 0.15) is 0 Å². The maximum atomic E-state index is 3.63. The van der Waals surface area contributed by atoms with E-state index in [1.807, 2.05) is 0 Å². The average Bonchev–Trinajstić information content (AvgIpc) is 3.20. The summed E-state index contributed by atoms with van der Waals surface area (Å²) in [6.45, 7) is 11.3. The molecule has 0 amide bonds. The quantitative estimate of drug-likeness (QED) is 0.770. The summed E-state index contributed by atoms with van der Waals surface area (Å²) in [5.41, 5.74) is 2.95. The molecule has 0 unspecified atom stereocenters. The Hall–Kier alpha value is -0.860. The van der Waals surface area contributed by atoms with Gasteiger partial charge in [-0.2, -0.15) is 0 Å². The molecule has 0 heterocycles. The van der Waals surface area contributed by atoms with Crippen molar-refractivity contribution in [1.82, 2.24) is 10.2 Å². The first-order valence-corrected chi connectivity index (χ1v) is 7.71. The molecule has 2 rings (SSSR count). The smallest absolute Gasteiger partial charge is 0.0236 e. The van der Waals surface area contributed by atoms with Crippen LogP contribution < -0.4 is 5.32 Å². The van der Waals surface area contributed by atoms with Crippen LogP contribution in [0.15, 0.2) is 24.3 Å². The fourth-order valence-electron chi connectivity index (χ4n) is 2.49. The largest absolute Gasteiger partial charge is 0.310 e. The van der Waals surface area contributed by atoms with Crippen molar-refractivity contribution in [2.75, 3.05) is 13.1 Å². The van der Waals surface area contributed by atoms with Crippen molar-refractivity contribution in [3.05, 3.63) is 35.4 Å². The number of nitrogens with one attached hydrogen (secondary N) is 1. The van der Waals surface area contributed by atoms with Gasteiger partial charge in [0.2, 0.25) is 0 Å². The summed E-state index contributed by atoms with van der Waals surface area (Å²) in [6.07, 6.45) is 2.72. The van der Waals surface area contributed by atoms with Gasteiger partial charge in [-0.1, -0.05) is 45.0 Å². The van der Waals surface area contributed by atoms with Crippen molar-refractivity contribution in [1.29, 1.82) is 0 Å². The fourth-order valence-corrected chi connectivity index (χ4v) is 2.49. The molecule has 106 valence electrons. The van der Waals surface area contributed by atoms with E-state index in [2.05, 4.69) is 55.3 Å². The highest BCUT2D eigenvalue weighted by Gasteiger charge is 2.20. The molecule has 1 fully saturated rings. The van der Waals surface area contributed by atoms with E-state index in [4.69, 9.17) is 0 Å². The van der Waals surface area contributed by atoms with Crippen LogP contribution in [0.3, 0.4) is 0 Å². The second-order valence-corrected chi connectivity index (χ2v) is 6.15. The molecular weight excluding hydrogens is 232 g/mol. The van der Waals surface area contributed by atoms with Gasteiger partial charge in [0, 0.05) is 25.7 Å². The van der Waals surface area contributed by atoms with Gasteiger partial charge in [0.05, 0.1) is 0 Å². The van der Waals surface area contributed by atoms with E-state index in [1.54, 1.807) is 0 Å². The van der Waals surface area contributed by atoms with Gasteiger partial charge in [-0.3, -0.25) is 4.90 Å². The third-order valence-corrected chi connectivity index (χ3v) is 3.74. The summed E-state index contributed by atoms with van der Waals surface area (Å²) in [5, 5.41) is 3.63. The van der Waals surface area contributed by atoms with E-state index in [-0.39, 0.29) is 0 Å². The van der Waals surface area contributed by atoms with Gasteiger partial charge < -0.3 is 5.32 Å². The van der Waals surface area contributed by atoms with Gasteiger partial charge in [-0.25, -0.2) is 0 Å². The monoisotopic (exact) mass is 260 g/mol. The Morgan fingerprint density at radius 3 is 2.47 bits per heavy atom. The second-order valence-electron chi connectivity index (χ2n) is 6.15. The van der Waals surface area contributed by atoms with Crippen LogP contribution in [0.25, 0.3) is 0 Å². The van der Waals surface area contributed by atoms with E-state index < -0.39 is 0 Å². The predicted octanol–water partition coefficient (Wildman–Crippen LogP) is 3.42. The number of nitrogens with zero attached hydrogens (tertiary/aromatic N) is 1. The third kappa shape index (κ3) is 4.96. The summed E-state index contributed by atoms with van der Waals surface area (Å²) in [6, 6.07) is 9.66. The molecule has 0 aliphatic heterocycles. The van der Waals surface area contributed by atoms with Gasteiger partial charge in [-0.15, -0.1) is 0 Å². The van der Waals surface area contributed by atoms with Crippen LogP contribution in [0.4, 0.5) is 0 Å². The molecule has 0 saturated heterocycles. The van der Waals surface area contributed by atoms with Gasteiger partial charge in [-0.05, 0) is 36.4 Å². The Kier molecular flexibility index (Phi) is 5.41. The van der Waals surface area contributed by atoms with Crippen LogP contribution in [0.2, 0.25) is 0 Å². The van der Waals surface area contributed by atoms with E-state index in [9.17, 15) is 0 Å². The van der Waals surface area contributed by atoms with Crippen LogP contribution in [0.1, 0.15) is 44.7 Å². The molecule has 1 aliphatic carbocycles. The second kappa shape index (κ2) is 7.06. The zero-order valence-corrected chi connectivity index (χ0v) is 12.7.